The van der Waals surface area contributed by atoms with Gasteiger partial charge >= 0.3 is 0 Å². The molecular formula is C11H16N4O. The van der Waals surface area contributed by atoms with Crippen LogP contribution in [0.1, 0.15) is 30.3 Å². The number of hydrogen-bond donors (Lipinski definition) is 1. The zero-order chi connectivity index (χ0) is 11.5. The molecule has 0 aromatic carbocycles. The van der Waals surface area contributed by atoms with Crippen LogP contribution in [-0.2, 0) is 4.79 Å². The van der Waals surface area contributed by atoms with Gasteiger partial charge in [-0.25, -0.2) is 0 Å². The van der Waals surface area contributed by atoms with Crippen LogP contribution in [-0.4, -0.2) is 33.9 Å². The van der Waals surface area contributed by atoms with Gasteiger partial charge in [0.15, 0.2) is 0 Å². The molecule has 5 nitrogen and oxygen atoms in total. The zero-order valence-electron chi connectivity index (χ0n) is 9.39. The monoisotopic (exact) mass is 220 g/mol. The molecule has 2 N–H and O–H groups in total. The third kappa shape index (κ3) is 2.36. The summed E-state index contributed by atoms with van der Waals surface area (Å²) in [6.07, 6.45) is 5.60. The summed E-state index contributed by atoms with van der Waals surface area (Å²) in [7, 11) is 0. The molecule has 1 atom stereocenters. The second-order valence-corrected chi connectivity index (χ2v) is 4.18. The lowest BCUT2D eigenvalue weighted by molar-refractivity contribution is -0.119. The van der Waals surface area contributed by atoms with Gasteiger partial charge in [0.2, 0.25) is 5.91 Å². The fourth-order valence-electron chi connectivity index (χ4n) is 2.19. The number of primary amides is 1. The first-order chi connectivity index (χ1) is 7.66. The van der Waals surface area contributed by atoms with E-state index in [1.54, 1.807) is 12.4 Å². The molecule has 1 fully saturated rings. The summed E-state index contributed by atoms with van der Waals surface area (Å²) in [5, 5.41) is 0. The lowest BCUT2D eigenvalue weighted by atomic mass is 10.1. The Bertz CT molecular complexity index is 393. The lowest BCUT2D eigenvalue weighted by Gasteiger charge is -2.22. The smallest absolute Gasteiger partial charge is 0.231 e. The molecule has 2 rings (SSSR count). The highest BCUT2D eigenvalue weighted by molar-refractivity contribution is 5.76. The van der Waals surface area contributed by atoms with Gasteiger partial charge in [0.25, 0.3) is 0 Å². The highest BCUT2D eigenvalue weighted by atomic mass is 16.1. The Labute approximate surface area is 94.7 Å². The Hall–Kier alpha value is -1.49. The van der Waals surface area contributed by atoms with E-state index < -0.39 is 0 Å². The second-order valence-electron chi connectivity index (χ2n) is 4.18. The maximum Gasteiger partial charge on any atom is 0.231 e. The van der Waals surface area contributed by atoms with Crippen molar-refractivity contribution in [1.82, 2.24) is 14.9 Å². The van der Waals surface area contributed by atoms with Gasteiger partial charge in [-0.15, -0.1) is 0 Å². The fraction of sp³-hybridized carbons (Fsp3) is 0.545. The van der Waals surface area contributed by atoms with Gasteiger partial charge in [-0.1, -0.05) is 0 Å². The van der Waals surface area contributed by atoms with E-state index in [1.165, 1.54) is 0 Å². The van der Waals surface area contributed by atoms with E-state index in [-0.39, 0.29) is 11.9 Å². The van der Waals surface area contributed by atoms with Crippen molar-refractivity contribution in [3.8, 4) is 0 Å². The van der Waals surface area contributed by atoms with Crippen molar-refractivity contribution in [1.29, 1.82) is 0 Å². The van der Waals surface area contributed by atoms with E-state index in [0.29, 0.717) is 6.54 Å². The van der Waals surface area contributed by atoms with Gasteiger partial charge < -0.3 is 5.73 Å². The number of nitrogens with two attached hydrogens (primary N) is 1. The Morgan fingerprint density at radius 1 is 1.62 bits per heavy atom. The average Bonchev–Trinajstić information content (AvgIpc) is 2.65. The predicted octanol–water partition coefficient (Wildman–Crippen LogP) is 0.407. The largest absolute Gasteiger partial charge is 0.369 e. The van der Waals surface area contributed by atoms with Gasteiger partial charge in [-0.2, -0.15) is 0 Å². The molecule has 2 heterocycles. The van der Waals surface area contributed by atoms with Gasteiger partial charge in [-0.3, -0.25) is 19.7 Å². The van der Waals surface area contributed by atoms with Gasteiger partial charge in [-0.05, 0) is 26.3 Å². The predicted molar refractivity (Wildman–Crippen MR) is 59.5 cm³/mol. The number of carbonyl (C=O) groups excluding carboxylic acids is 1. The molecule has 5 heteroatoms. The third-order valence-electron chi connectivity index (χ3n) is 2.84. The maximum atomic E-state index is 10.9. The molecule has 1 saturated heterocycles. The summed E-state index contributed by atoms with van der Waals surface area (Å²) in [5.41, 5.74) is 7.08. The fourth-order valence-corrected chi connectivity index (χ4v) is 2.19. The van der Waals surface area contributed by atoms with Gasteiger partial charge in [0.05, 0.1) is 24.0 Å². The molecular weight excluding hydrogens is 204 g/mol. The average molecular weight is 220 g/mol. The minimum atomic E-state index is -0.285. The molecule has 0 saturated carbocycles. The van der Waals surface area contributed by atoms with Crippen molar-refractivity contribution in [3.63, 3.8) is 0 Å². The van der Waals surface area contributed by atoms with Crippen molar-refractivity contribution in [2.75, 3.05) is 13.1 Å². The molecule has 0 radical (unpaired) electrons. The number of carbonyl (C=O) groups is 1. The molecule has 1 aliphatic rings. The summed E-state index contributed by atoms with van der Waals surface area (Å²) in [5.74, 6) is -0.285. The maximum absolute atomic E-state index is 10.9. The third-order valence-corrected chi connectivity index (χ3v) is 2.84. The van der Waals surface area contributed by atoms with Gasteiger partial charge in [0.1, 0.15) is 0 Å². The summed E-state index contributed by atoms with van der Waals surface area (Å²) in [6.45, 7) is 3.13. The SMILES string of the molecule is Cc1cncc([C@@H]2CCCN2CC(N)=O)n1. The highest BCUT2D eigenvalue weighted by Gasteiger charge is 2.28. The molecule has 1 amide bonds. The van der Waals surface area contributed by atoms with E-state index in [4.69, 9.17) is 5.73 Å². The normalized spacial score (nSPS) is 21.2. The number of aromatic nitrogens is 2. The molecule has 16 heavy (non-hydrogen) atoms. The summed E-state index contributed by atoms with van der Waals surface area (Å²) in [6, 6.07) is 0.194. The first-order valence-electron chi connectivity index (χ1n) is 5.47. The minimum Gasteiger partial charge on any atom is -0.369 e. The van der Waals surface area contributed by atoms with Crippen LogP contribution < -0.4 is 5.73 Å². The number of aryl methyl sites for hydroxylation is 1. The van der Waals surface area contributed by atoms with E-state index >= 15 is 0 Å². The number of nitrogens with zero attached hydrogens (tertiary/aromatic N) is 3. The van der Waals surface area contributed by atoms with Crippen LogP contribution >= 0.6 is 0 Å². The topological polar surface area (TPSA) is 72.1 Å². The van der Waals surface area contributed by atoms with Crippen molar-refractivity contribution in [3.05, 3.63) is 23.8 Å². The molecule has 1 aliphatic heterocycles. The molecule has 1 aromatic heterocycles. The quantitative estimate of drug-likeness (QED) is 0.800. The summed E-state index contributed by atoms with van der Waals surface area (Å²) >= 11 is 0. The van der Waals surface area contributed by atoms with Crippen molar-refractivity contribution >= 4 is 5.91 Å². The van der Waals surface area contributed by atoms with Crippen LogP contribution in [0.25, 0.3) is 0 Å². The molecule has 0 spiro atoms. The van der Waals surface area contributed by atoms with Crippen LogP contribution in [0, 0.1) is 6.92 Å². The van der Waals surface area contributed by atoms with E-state index in [9.17, 15) is 4.79 Å². The highest BCUT2D eigenvalue weighted by Crippen LogP contribution is 2.29. The Morgan fingerprint density at radius 3 is 3.12 bits per heavy atom. The molecule has 1 aromatic rings. The molecule has 0 bridgehead atoms. The van der Waals surface area contributed by atoms with Crippen LogP contribution in [0.2, 0.25) is 0 Å². The Balaban J connectivity index is 2.16. The summed E-state index contributed by atoms with van der Waals surface area (Å²) in [4.78, 5) is 21.6. The standard InChI is InChI=1S/C11H16N4O/c1-8-5-13-6-9(14-8)10-3-2-4-15(10)7-11(12)16/h5-6,10H,2-4,7H2,1H3,(H2,12,16)/t10-/m0/s1. The number of hydrogen-bond acceptors (Lipinski definition) is 4. The van der Waals surface area contributed by atoms with E-state index in [0.717, 1.165) is 30.8 Å². The Morgan fingerprint density at radius 2 is 2.44 bits per heavy atom. The minimum absolute atomic E-state index is 0.194. The van der Waals surface area contributed by atoms with Crippen LogP contribution in [0.15, 0.2) is 12.4 Å². The first kappa shape index (κ1) is 11.0. The number of amides is 1. The molecule has 86 valence electrons. The van der Waals surface area contributed by atoms with Crippen LogP contribution in [0.5, 0.6) is 0 Å². The van der Waals surface area contributed by atoms with E-state index in [2.05, 4.69) is 14.9 Å². The number of likely N-dealkylation sites (tertiary alicyclic amines) is 1. The van der Waals surface area contributed by atoms with Crippen LogP contribution in [0.3, 0.4) is 0 Å². The zero-order valence-corrected chi connectivity index (χ0v) is 9.39. The first-order valence-corrected chi connectivity index (χ1v) is 5.47. The van der Waals surface area contributed by atoms with Crippen LogP contribution in [0.4, 0.5) is 0 Å². The van der Waals surface area contributed by atoms with Crippen molar-refractivity contribution < 1.29 is 4.79 Å². The molecule has 0 aliphatic carbocycles. The second kappa shape index (κ2) is 4.57. The van der Waals surface area contributed by atoms with Gasteiger partial charge in [0, 0.05) is 12.4 Å². The van der Waals surface area contributed by atoms with Crippen molar-refractivity contribution in [2.24, 2.45) is 5.73 Å². The summed E-state index contributed by atoms with van der Waals surface area (Å²) < 4.78 is 0. The van der Waals surface area contributed by atoms with E-state index in [1.807, 2.05) is 6.92 Å². The van der Waals surface area contributed by atoms with Crippen molar-refractivity contribution in [2.45, 2.75) is 25.8 Å². The number of rotatable bonds is 3. The molecule has 0 unspecified atom stereocenters. The lowest BCUT2D eigenvalue weighted by Crippen LogP contribution is -2.33. The Kier molecular flexibility index (Phi) is 3.14.